The number of aliphatic hydroxyl groups is 1. The van der Waals surface area contributed by atoms with Crippen LogP contribution in [0.1, 0.15) is 34.3 Å². The fraction of sp³-hybridized carbons (Fsp3) is 0.318. The van der Waals surface area contributed by atoms with E-state index in [1.807, 2.05) is 42.6 Å². The van der Waals surface area contributed by atoms with Crippen molar-refractivity contribution in [1.29, 1.82) is 0 Å². The summed E-state index contributed by atoms with van der Waals surface area (Å²) in [5.41, 5.74) is 3.76. The number of carbonyl (C=O) groups excluding carboxylic acids is 1. The molecule has 2 heterocycles. The molecule has 0 saturated carbocycles. The van der Waals surface area contributed by atoms with E-state index in [0.717, 1.165) is 41.3 Å². The van der Waals surface area contributed by atoms with Crippen molar-refractivity contribution in [2.45, 2.75) is 31.7 Å². The Morgan fingerprint density at radius 2 is 2.07 bits per heavy atom. The number of aromatic amines is 1. The molecule has 0 spiro atoms. The van der Waals surface area contributed by atoms with Crippen LogP contribution in [0.4, 0.5) is 0 Å². The molecule has 140 valence electrons. The van der Waals surface area contributed by atoms with Crippen molar-refractivity contribution in [2.24, 2.45) is 0 Å². The van der Waals surface area contributed by atoms with Gasteiger partial charge in [-0.3, -0.25) is 4.79 Å². The van der Waals surface area contributed by atoms with Crippen LogP contribution in [0.2, 0.25) is 0 Å². The number of benzene rings is 2. The monoisotopic (exact) mass is 364 g/mol. The first-order valence-electron chi connectivity index (χ1n) is 9.47. The highest BCUT2D eigenvalue weighted by molar-refractivity contribution is 5.97. The Morgan fingerprint density at radius 1 is 1.19 bits per heavy atom. The Labute approximate surface area is 158 Å². The molecule has 0 saturated heterocycles. The minimum absolute atomic E-state index is 0.124. The number of aromatic nitrogens is 1. The van der Waals surface area contributed by atoms with Crippen molar-refractivity contribution < 1.29 is 14.6 Å². The van der Waals surface area contributed by atoms with Crippen LogP contribution in [0.15, 0.2) is 48.7 Å². The third-order valence-corrected chi connectivity index (χ3v) is 5.12. The van der Waals surface area contributed by atoms with E-state index < -0.39 is 0 Å². The van der Waals surface area contributed by atoms with Crippen molar-refractivity contribution in [3.05, 3.63) is 65.4 Å². The lowest BCUT2D eigenvalue weighted by Crippen LogP contribution is -2.39. The second-order valence-corrected chi connectivity index (χ2v) is 7.02. The number of aryl methyl sites for hydroxylation is 1. The maximum absolute atomic E-state index is 12.9. The van der Waals surface area contributed by atoms with Crippen LogP contribution >= 0.6 is 0 Å². The molecule has 2 aromatic carbocycles. The van der Waals surface area contributed by atoms with Crippen molar-refractivity contribution >= 4 is 16.8 Å². The van der Waals surface area contributed by atoms with Crippen LogP contribution in [0.25, 0.3) is 10.9 Å². The summed E-state index contributed by atoms with van der Waals surface area (Å²) in [7, 11) is 0. The van der Waals surface area contributed by atoms with Gasteiger partial charge in [-0.05, 0) is 48.9 Å². The maximum atomic E-state index is 12.9. The van der Waals surface area contributed by atoms with Gasteiger partial charge < -0.3 is 20.1 Å². The number of amides is 1. The van der Waals surface area contributed by atoms with E-state index in [2.05, 4.69) is 10.3 Å². The molecule has 5 heteroatoms. The maximum Gasteiger partial charge on any atom is 0.255 e. The third kappa shape index (κ3) is 3.69. The molecular weight excluding hydrogens is 340 g/mol. The minimum Gasteiger partial charge on any atom is -0.492 e. The van der Waals surface area contributed by atoms with Gasteiger partial charge in [0.2, 0.25) is 0 Å². The van der Waals surface area contributed by atoms with Gasteiger partial charge >= 0.3 is 0 Å². The fourth-order valence-electron chi connectivity index (χ4n) is 3.71. The minimum atomic E-state index is -0.363. The Hall–Kier alpha value is -2.79. The molecule has 4 rings (SSSR count). The van der Waals surface area contributed by atoms with Crippen molar-refractivity contribution in [1.82, 2.24) is 10.3 Å². The Bertz CT molecular complexity index is 948. The third-order valence-electron chi connectivity index (χ3n) is 5.12. The molecule has 3 aromatic rings. The Kier molecular flexibility index (Phi) is 5.12. The lowest BCUT2D eigenvalue weighted by Gasteiger charge is -2.18. The standard InChI is InChI=1S/C22H24N2O3/c25-14-17(12-16-13-23-20-10-2-1-8-18(16)20)24-22(26)19-9-5-7-15-6-3-4-11-27-21(15)19/h1-2,5,7-10,13,17,23,25H,3-4,6,11-12,14H2,(H,24,26)/t17-/m1/s1. The van der Waals surface area contributed by atoms with Gasteiger partial charge in [0.15, 0.2) is 0 Å². The second-order valence-electron chi connectivity index (χ2n) is 7.02. The number of fused-ring (bicyclic) bond motifs is 2. The van der Waals surface area contributed by atoms with E-state index in [9.17, 15) is 9.90 Å². The summed E-state index contributed by atoms with van der Waals surface area (Å²) in [5, 5.41) is 13.9. The molecule has 3 N–H and O–H groups in total. The lowest BCUT2D eigenvalue weighted by atomic mass is 10.0. The predicted octanol–water partition coefficient (Wildman–Crippen LogP) is 3.22. The molecule has 0 radical (unpaired) electrons. The summed E-state index contributed by atoms with van der Waals surface area (Å²) in [5.74, 6) is 0.490. The van der Waals surface area contributed by atoms with Gasteiger partial charge in [-0.15, -0.1) is 0 Å². The largest absolute Gasteiger partial charge is 0.492 e. The van der Waals surface area contributed by atoms with E-state index in [1.54, 1.807) is 6.07 Å². The number of rotatable bonds is 5. The molecule has 5 nitrogen and oxygen atoms in total. The summed E-state index contributed by atoms with van der Waals surface area (Å²) < 4.78 is 5.85. The average molecular weight is 364 g/mol. The first-order valence-corrected chi connectivity index (χ1v) is 9.47. The van der Waals surface area contributed by atoms with Crippen molar-refractivity contribution in [3.63, 3.8) is 0 Å². The predicted molar refractivity (Wildman–Crippen MR) is 105 cm³/mol. The number of aliphatic hydroxyl groups excluding tert-OH is 1. The number of carbonyl (C=O) groups is 1. The molecular formula is C22H24N2O3. The molecule has 0 unspecified atom stereocenters. The molecule has 1 atom stereocenters. The van der Waals surface area contributed by atoms with E-state index in [1.165, 1.54) is 0 Å². The molecule has 1 aliphatic heterocycles. The highest BCUT2D eigenvalue weighted by Crippen LogP contribution is 2.28. The summed E-state index contributed by atoms with van der Waals surface area (Å²) >= 11 is 0. The molecule has 1 aromatic heterocycles. The second kappa shape index (κ2) is 7.84. The van der Waals surface area contributed by atoms with Crippen molar-refractivity contribution in [2.75, 3.05) is 13.2 Å². The van der Waals surface area contributed by atoms with E-state index >= 15 is 0 Å². The topological polar surface area (TPSA) is 74.4 Å². The Morgan fingerprint density at radius 3 is 2.96 bits per heavy atom. The van der Waals surface area contributed by atoms with Crippen LogP contribution in [-0.2, 0) is 12.8 Å². The SMILES string of the molecule is O=C(N[C@@H](CO)Cc1c[nH]c2ccccc12)c1cccc2c1OCCCC2. The van der Waals surface area contributed by atoms with E-state index in [-0.39, 0.29) is 18.6 Å². The number of para-hydroxylation sites is 2. The van der Waals surface area contributed by atoms with Gasteiger partial charge in [-0.25, -0.2) is 0 Å². The summed E-state index contributed by atoms with van der Waals surface area (Å²) in [6.07, 6.45) is 5.49. The Balaban J connectivity index is 1.53. The highest BCUT2D eigenvalue weighted by Gasteiger charge is 2.21. The van der Waals surface area contributed by atoms with Gasteiger partial charge in [0.1, 0.15) is 5.75 Å². The first-order chi connectivity index (χ1) is 13.3. The molecule has 0 bridgehead atoms. The van der Waals surface area contributed by atoms with Crippen LogP contribution in [0.5, 0.6) is 5.75 Å². The van der Waals surface area contributed by atoms with Gasteiger partial charge in [0.05, 0.1) is 24.8 Å². The smallest absolute Gasteiger partial charge is 0.255 e. The fourth-order valence-corrected chi connectivity index (χ4v) is 3.71. The lowest BCUT2D eigenvalue weighted by molar-refractivity contribution is 0.0912. The molecule has 1 aliphatic rings. The number of nitrogens with one attached hydrogen (secondary N) is 2. The zero-order valence-corrected chi connectivity index (χ0v) is 15.2. The van der Waals surface area contributed by atoms with Gasteiger partial charge in [0.25, 0.3) is 5.91 Å². The van der Waals surface area contributed by atoms with Crippen LogP contribution < -0.4 is 10.1 Å². The van der Waals surface area contributed by atoms with E-state index in [4.69, 9.17) is 4.74 Å². The number of H-pyrrole nitrogens is 1. The quantitative estimate of drug-likeness (QED) is 0.651. The molecule has 1 amide bonds. The summed E-state index contributed by atoms with van der Waals surface area (Å²) in [6.45, 7) is 0.511. The molecule has 0 fully saturated rings. The zero-order valence-electron chi connectivity index (χ0n) is 15.2. The number of ether oxygens (including phenoxy) is 1. The number of hydrogen-bond donors (Lipinski definition) is 3. The van der Waals surface area contributed by atoms with Gasteiger partial charge in [0, 0.05) is 17.1 Å². The van der Waals surface area contributed by atoms with Crippen LogP contribution in [-0.4, -0.2) is 35.3 Å². The highest BCUT2D eigenvalue weighted by atomic mass is 16.5. The summed E-state index contributed by atoms with van der Waals surface area (Å²) in [4.78, 5) is 16.1. The zero-order chi connectivity index (χ0) is 18.6. The van der Waals surface area contributed by atoms with Crippen LogP contribution in [0, 0.1) is 0 Å². The van der Waals surface area contributed by atoms with Gasteiger partial charge in [-0.2, -0.15) is 0 Å². The normalized spacial score (nSPS) is 14.9. The van der Waals surface area contributed by atoms with Gasteiger partial charge in [-0.1, -0.05) is 30.3 Å². The first kappa shape index (κ1) is 17.6. The summed E-state index contributed by atoms with van der Waals surface area (Å²) in [6, 6.07) is 13.4. The number of hydrogen-bond acceptors (Lipinski definition) is 3. The average Bonchev–Trinajstić information content (AvgIpc) is 2.94. The molecule has 27 heavy (non-hydrogen) atoms. The molecule has 0 aliphatic carbocycles. The van der Waals surface area contributed by atoms with E-state index in [0.29, 0.717) is 24.3 Å². The van der Waals surface area contributed by atoms with Crippen LogP contribution in [0.3, 0.4) is 0 Å². The van der Waals surface area contributed by atoms with Crippen molar-refractivity contribution in [3.8, 4) is 5.75 Å².